The fourth-order valence-electron chi connectivity index (χ4n) is 1.34. The minimum atomic E-state index is -0.182. The molecule has 1 aromatic rings. The van der Waals surface area contributed by atoms with Gasteiger partial charge >= 0.3 is 5.97 Å². The molecule has 1 N–H and O–H groups in total. The van der Waals surface area contributed by atoms with Gasteiger partial charge in [0.1, 0.15) is 6.61 Å². The molecule has 0 aromatic heterocycles. The van der Waals surface area contributed by atoms with Crippen LogP contribution in [-0.2, 0) is 15.3 Å². The number of esters is 1. The van der Waals surface area contributed by atoms with Gasteiger partial charge in [-0.25, -0.2) is 0 Å². The summed E-state index contributed by atoms with van der Waals surface area (Å²) >= 11 is 1.51. The van der Waals surface area contributed by atoms with Crippen molar-refractivity contribution in [2.45, 2.75) is 12.7 Å². The summed E-state index contributed by atoms with van der Waals surface area (Å²) in [6, 6.07) is 7.76. The van der Waals surface area contributed by atoms with Crippen LogP contribution in [0, 0.1) is 11.8 Å². The molecule has 0 heterocycles. The number of rotatable bonds is 5. The third kappa shape index (κ3) is 5.76. The van der Waals surface area contributed by atoms with Gasteiger partial charge < -0.3 is 9.84 Å². The van der Waals surface area contributed by atoms with E-state index in [1.165, 1.54) is 11.8 Å². The maximum absolute atomic E-state index is 11.1. The van der Waals surface area contributed by atoms with Crippen molar-refractivity contribution in [2.75, 3.05) is 19.0 Å². The van der Waals surface area contributed by atoms with Crippen LogP contribution < -0.4 is 0 Å². The molecule has 0 atom stereocenters. The molecule has 0 aliphatic rings. The fraction of sp³-hybridized carbons (Fsp3) is 0.357. The van der Waals surface area contributed by atoms with Crippen molar-refractivity contribution in [3.05, 3.63) is 35.4 Å². The largest absolute Gasteiger partial charge is 0.465 e. The highest BCUT2D eigenvalue weighted by Crippen LogP contribution is 2.13. The molecular weight excluding hydrogens is 248 g/mol. The third-order valence-electron chi connectivity index (χ3n) is 2.03. The van der Waals surface area contributed by atoms with Crippen LogP contribution in [0.4, 0.5) is 0 Å². The minimum Gasteiger partial charge on any atom is -0.465 e. The first-order valence-electron chi connectivity index (χ1n) is 5.68. The molecule has 0 aliphatic heterocycles. The molecule has 1 rings (SSSR count). The first kappa shape index (κ1) is 14.6. The summed E-state index contributed by atoms with van der Waals surface area (Å²) in [5.41, 5.74) is 1.98. The number of carbonyl (C=O) groups excluding carboxylic acids is 1. The van der Waals surface area contributed by atoms with Crippen LogP contribution in [0.2, 0.25) is 0 Å². The lowest BCUT2D eigenvalue weighted by molar-refractivity contribution is -0.139. The van der Waals surface area contributed by atoms with Crippen molar-refractivity contribution in [3.8, 4) is 11.8 Å². The second-order valence-corrected chi connectivity index (χ2v) is 4.44. The van der Waals surface area contributed by atoms with Crippen molar-refractivity contribution in [1.82, 2.24) is 0 Å². The van der Waals surface area contributed by atoms with Crippen molar-refractivity contribution < 1.29 is 14.6 Å². The van der Waals surface area contributed by atoms with E-state index in [0.29, 0.717) is 12.4 Å². The predicted molar refractivity (Wildman–Crippen MR) is 73.2 cm³/mol. The zero-order valence-electron chi connectivity index (χ0n) is 10.3. The van der Waals surface area contributed by atoms with Gasteiger partial charge in [-0.05, 0) is 24.6 Å². The molecule has 0 bridgehead atoms. The molecule has 0 spiro atoms. The Labute approximate surface area is 112 Å². The highest BCUT2D eigenvalue weighted by atomic mass is 32.2. The number of aliphatic hydroxyl groups is 1. The van der Waals surface area contributed by atoms with E-state index < -0.39 is 0 Å². The Balaban J connectivity index is 2.45. The van der Waals surface area contributed by atoms with E-state index in [1.54, 1.807) is 6.92 Å². The quantitative estimate of drug-likeness (QED) is 0.651. The molecule has 18 heavy (non-hydrogen) atoms. The van der Waals surface area contributed by atoms with Crippen LogP contribution in [0.25, 0.3) is 0 Å². The van der Waals surface area contributed by atoms with Gasteiger partial charge in [0.2, 0.25) is 0 Å². The molecule has 0 radical (unpaired) electrons. The average molecular weight is 264 g/mol. The highest BCUT2D eigenvalue weighted by molar-refractivity contribution is 7.99. The average Bonchev–Trinajstić information content (AvgIpc) is 2.37. The first-order valence-corrected chi connectivity index (χ1v) is 6.83. The standard InChI is InChI=1S/C14H16O3S/c1-2-17-14(16)11-18-10-13-6-3-5-12(9-13)7-4-8-15/h3,5-6,9,15H,2,8,10-11H2,1H3. The molecule has 0 saturated heterocycles. The lowest BCUT2D eigenvalue weighted by atomic mass is 10.1. The van der Waals surface area contributed by atoms with Gasteiger partial charge in [-0.1, -0.05) is 24.0 Å². The number of hydrogen-bond donors (Lipinski definition) is 1. The lowest BCUT2D eigenvalue weighted by Crippen LogP contribution is -2.06. The summed E-state index contributed by atoms with van der Waals surface area (Å²) in [4.78, 5) is 11.1. The van der Waals surface area contributed by atoms with Crippen LogP contribution in [0.1, 0.15) is 18.1 Å². The number of carbonyl (C=O) groups is 1. The zero-order chi connectivity index (χ0) is 13.2. The normalized spacial score (nSPS) is 9.44. The van der Waals surface area contributed by atoms with E-state index in [1.807, 2.05) is 24.3 Å². The topological polar surface area (TPSA) is 46.5 Å². The summed E-state index contributed by atoms with van der Waals surface area (Å²) in [5, 5.41) is 8.62. The van der Waals surface area contributed by atoms with E-state index in [4.69, 9.17) is 9.84 Å². The second-order valence-electron chi connectivity index (χ2n) is 3.46. The maximum Gasteiger partial charge on any atom is 0.315 e. The summed E-state index contributed by atoms with van der Waals surface area (Å²) in [5.74, 6) is 6.38. The van der Waals surface area contributed by atoms with Gasteiger partial charge in [0.15, 0.2) is 0 Å². The fourth-order valence-corrected chi connectivity index (χ4v) is 2.10. The minimum absolute atomic E-state index is 0.137. The summed E-state index contributed by atoms with van der Waals surface area (Å²) < 4.78 is 4.85. The van der Waals surface area contributed by atoms with Crippen LogP contribution in [0.5, 0.6) is 0 Å². The maximum atomic E-state index is 11.1. The molecule has 0 saturated carbocycles. The van der Waals surface area contributed by atoms with E-state index in [-0.39, 0.29) is 12.6 Å². The molecule has 0 aliphatic carbocycles. The number of aliphatic hydroxyl groups excluding tert-OH is 1. The molecule has 3 nitrogen and oxygen atoms in total. The van der Waals surface area contributed by atoms with Gasteiger partial charge in [0.05, 0.1) is 12.4 Å². The molecule has 0 fully saturated rings. The van der Waals surface area contributed by atoms with Gasteiger partial charge in [-0.2, -0.15) is 0 Å². The summed E-state index contributed by atoms with van der Waals surface area (Å²) in [7, 11) is 0. The number of hydrogen-bond acceptors (Lipinski definition) is 4. The second kappa shape index (κ2) is 8.62. The SMILES string of the molecule is CCOC(=O)CSCc1cccc(C#CCO)c1. The lowest BCUT2D eigenvalue weighted by Gasteiger charge is -2.03. The van der Waals surface area contributed by atoms with Crippen LogP contribution in [0.15, 0.2) is 24.3 Å². The molecular formula is C14H16O3S. The molecule has 1 aromatic carbocycles. The predicted octanol–water partition coefficient (Wildman–Crippen LogP) is 1.83. The first-order chi connectivity index (χ1) is 8.76. The van der Waals surface area contributed by atoms with Crippen molar-refractivity contribution in [1.29, 1.82) is 0 Å². The number of ether oxygens (including phenoxy) is 1. The van der Waals surface area contributed by atoms with E-state index >= 15 is 0 Å². The van der Waals surface area contributed by atoms with Crippen LogP contribution >= 0.6 is 11.8 Å². The zero-order valence-corrected chi connectivity index (χ0v) is 11.1. The van der Waals surface area contributed by atoms with Crippen molar-refractivity contribution in [3.63, 3.8) is 0 Å². The van der Waals surface area contributed by atoms with Crippen molar-refractivity contribution >= 4 is 17.7 Å². The Hall–Kier alpha value is -1.44. The summed E-state index contributed by atoms with van der Waals surface area (Å²) in [6.07, 6.45) is 0. The summed E-state index contributed by atoms with van der Waals surface area (Å²) in [6.45, 7) is 2.08. The molecule has 0 amide bonds. The Kier molecular flexibility index (Phi) is 7.00. The van der Waals surface area contributed by atoms with Crippen molar-refractivity contribution in [2.24, 2.45) is 0 Å². The number of thioether (sulfide) groups is 1. The van der Waals surface area contributed by atoms with Gasteiger partial charge in [-0.15, -0.1) is 11.8 Å². The molecule has 96 valence electrons. The van der Waals surface area contributed by atoms with Crippen LogP contribution in [0.3, 0.4) is 0 Å². The van der Waals surface area contributed by atoms with E-state index in [0.717, 1.165) is 16.9 Å². The Morgan fingerprint density at radius 3 is 3.06 bits per heavy atom. The monoisotopic (exact) mass is 264 g/mol. The van der Waals surface area contributed by atoms with Crippen LogP contribution in [-0.4, -0.2) is 30.0 Å². The molecule has 4 heteroatoms. The third-order valence-corrected chi connectivity index (χ3v) is 3.01. The Morgan fingerprint density at radius 1 is 1.50 bits per heavy atom. The van der Waals surface area contributed by atoms with E-state index in [9.17, 15) is 4.79 Å². The Morgan fingerprint density at radius 2 is 2.33 bits per heavy atom. The highest BCUT2D eigenvalue weighted by Gasteiger charge is 2.02. The van der Waals surface area contributed by atoms with Gasteiger partial charge in [-0.3, -0.25) is 4.79 Å². The van der Waals surface area contributed by atoms with Gasteiger partial charge in [0.25, 0.3) is 0 Å². The van der Waals surface area contributed by atoms with Gasteiger partial charge in [0, 0.05) is 11.3 Å². The number of benzene rings is 1. The Bertz CT molecular complexity index is 446. The van der Waals surface area contributed by atoms with E-state index in [2.05, 4.69) is 11.8 Å². The smallest absolute Gasteiger partial charge is 0.315 e. The molecule has 0 unspecified atom stereocenters.